The minimum absolute atomic E-state index is 0. The molecule has 0 fully saturated rings. The van der Waals surface area contributed by atoms with Crippen LogP contribution in [0.4, 0.5) is 0 Å². The highest BCUT2D eigenvalue weighted by Crippen LogP contribution is 1.97. The molecule has 0 saturated heterocycles. The SMILES string of the molecule is N.O=S(=O)(O)O.[Cl][Al]([Cl])[Cl]. The Hall–Kier alpha value is 1.23. The molecule has 10 heteroatoms. The monoisotopic (exact) mass is 247 g/mol. The van der Waals surface area contributed by atoms with E-state index >= 15 is 0 Å². The molecule has 0 aliphatic rings. The van der Waals surface area contributed by atoms with Gasteiger partial charge in [-0.1, -0.05) is 0 Å². The molecule has 5 nitrogen and oxygen atoms in total. The van der Waals surface area contributed by atoms with Gasteiger partial charge in [-0.05, 0) is 0 Å². The number of hydrogen-bond acceptors (Lipinski definition) is 3. The molecule has 0 bridgehead atoms. The molecule has 0 heterocycles. The van der Waals surface area contributed by atoms with Crippen molar-refractivity contribution in [2.45, 2.75) is 0 Å². The molecule has 0 amide bonds. The minimum Gasteiger partial charge on any atom is -0.344 e. The maximum absolute atomic E-state index is 8.74. The van der Waals surface area contributed by atoms with Gasteiger partial charge in [0.15, 0.2) is 0 Å². The van der Waals surface area contributed by atoms with Crippen LogP contribution in [-0.4, -0.2) is 28.9 Å². The predicted molar refractivity (Wildman–Crippen MR) is 42.5 cm³/mol. The molecule has 0 unspecified atom stereocenters. The van der Waals surface area contributed by atoms with E-state index < -0.39 is 21.8 Å². The van der Waals surface area contributed by atoms with Crippen LogP contribution in [0.2, 0.25) is 0 Å². The average Bonchev–Trinajstić information content (AvgIpc) is 1.19. The van der Waals surface area contributed by atoms with Crippen molar-refractivity contribution in [3.05, 3.63) is 0 Å². The van der Waals surface area contributed by atoms with Crippen molar-refractivity contribution in [2.75, 3.05) is 0 Å². The van der Waals surface area contributed by atoms with Crippen molar-refractivity contribution in [1.29, 1.82) is 0 Å². The van der Waals surface area contributed by atoms with E-state index in [4.69, 9.17) is 47.7 Å². The quantitative estimate of drug-likeness (QED) is 0.441. The van der Waals surface area contributed by atoms with E-state index in [2.05, 4.69) is 0 Å². The fraction of sp³-hybridized carbons (Fsp3) is 0. The van der Waals surface area contributed by atoms with Crippen molar-refractivity contribution in [2.24, 2.45) is 0 Å². The Balaban J connectivity index is -0.0000000910. The van der Waals surface area contributed by atoms with E-state index in [-0.39, 0.29) is 6.15 Å². The third kappa shape index (κ3) is 412. The van der Waals surface area contributed by atoms with Crippen LogP contribution in [-0.2, 0) is 10.4 Å². The van der Waals surface area contributed by atoms with Crippen LogP contribution in [0.15, 0.2) is 0 Å². The Morgan fingerprint density at radius 2 is 1.10 bits per heavy atom. The molecule has 0 radical (unpaired) electrons. The zero-order valence-electron chi connectivity index (χ0n) is 4.54. The minimum atomic E-state index is -4.67. The van der Waals surface area contributed by atoms with E-state index in [1.54, 1.807) is 0 Å². The number of hydrogen-bond donors (Lipinski definition) is 3. The normalized spacial score (nSPS) is 8.50. The predicted octanol–water partition coefficient (Wildman–Crippen LogP) is 1.20. The molecule has 0 aromatic carbocycles. The number of rotatable bonds is 0. The molecule has 0 aliphatic carbocycles. The Labute approximate surface area is 75.4 Å². The van der Waals surface area contributed by atoms with Gasteiger partial charge in [0.25, 0.3) is 0 Å². The Bertz CT molecular complexity index is 132. The molecule has 5 N–H and O–H groups in total. The lowest BCUT2D eigenvalue weighted by Crippen LogP contribution is -1.89. The molecule has 0 aromatic rings. The lowest BCUT2D eigenvalue weighted by Gasteiger charge is -1.68. The van der Waals surface area contributed by atoms with Gasteiger partial charge in [-0.25, -0.2) is 30.1 Å². The molecule has 0 atom stereocenters. The topological polar surface area (TPSA) is 110 Å². The maximum Gasteiger partial charge on any atom is 0.643 e. The summed E-state index contributed by atoms with van der Waals surface area (Å²) in [5.41, 5.74) is 0. The summed E-state index contributed by atoms with van der Waals surface area (Å²) in [5, 5.41) is 0. The molecule has 0 aromatic heterocycles. The first-order valence-corrected chi connectivity index (χ1v) is 7.99. The molecule has 64 valence electrons. The fourth-order valence-corrected chi connectivity index (χ4v) is 0. The summed E-state index contributed by atoms with van der Waals surface area (Å²) in [4.78, 5) is 0. The van der Waals surface area contributed by atoms with Gasteiger partial charge in [-0.15, -0.1) is 0 Å². The van der Waals surface area contributed by atoms with Gasteiger partial charge in [-0.3, -0.25) is 9.11 Å². The lowest BCUT2D eigenvalue weighted by atomic mass is 14.0. The molecule has 0 rings (SSSR count). The Morgan fingerprint density at radius 1 is 1.10 bits per heavy atom. The van der Waals surface area contributed by atoms with Crippen LogP contribution in [0, 0.1) is 0 Å². The number of halogens is 3. The van der Waals surface area contributed by atoms with Crippen LogP contribution in [0.3, 0.4) is 0 Å². The van der Waals surface area contributed by atoms with Gasteiger partial charge in [0.1, 0.15) is 0 Å². The van der Waals surface area contributed by atoms with Gasteiger partial charge >= 0.3 is 21.8 Å². The van der Waals surface area contributed by atoms with Gasteiger partial charge in [-0.2, -0.15) is 8.42 Å². The molecule has 0 aliphatic heterocycles. The summed E-state index contributed by atoms with van der Waals surface area (Å²) < 4.78 is 31.6. The van der Waals surface area contributed by atoms with Crippen LogP contribution >= 0.6 is 30.1 Å². The van der Waals surface area contributed by atoms with E-state index in [1.165, 1.54) is 0 Å². The van der Waals surface area contributed by atoms with Gasteiger partial charge < -0.3 is 6.15 Å². The van der Waals surface area contributed by atoms with Crippen LogP contribution in [0.5, 0.6) is 0 Å². The zero-order chi connectivity index (χ0) is 8.08. The summed E-state index contributed by atoms with van der Waals surface area (Å²) in [5.74, 6) is 0. The molecule has 10 heavy (non-hydrogen) atoms. The maximum atomic E-state index is 8.74. The Morgan fingerprint density at radius 3 is 1.10 bits per heavy atom. The van der Waals surface area contributed by atoms with E-state index in [1.807, 2.05) is 0 Å². The van der Waals surface area contributed by atoms with Crippen molar-refractivity contribution < 1.29 is 17.5 Å². The highest BCUT2D eigenvalue weighted by atomic mass is 35.8. The highest BCUT2D eigenvalue weighted by molar-refractivity contribution is 7.79. The summed E-state index contributed by atoms with van der Waals surface area (Å²) in [6.07, 6.45) is 0. The second-order valence-corrected chi connectivity index (χ2v) is 8.02. The third-order valence-corrected chi connectivity index (χ3v) is 0. The first-order chi connectivity index (χ1) is 3.73. The first kappa shape index (κ1) is 17.4. The summed E-state index contributed by atoms with van der Waals surface area (Å²) >= 11 is -1.72. The van der Waals surface area contributed by atoms with Gasteiger partial charge in [0, 0.05) is 0 Å². The third-order valence-electron chi connectivity index (χ3n) is 0. The summed E-state index contributed by atoms with van der Waals surface area (Å²) in [7, 11) is 10.2. The lowest BCUT2D eigenvalue weighted by molar-refractivity contribution is 0.381. The largest absolute Gasteiger partial charge is 0.643 e. The summed E-state index contributed by atoms with van der Waals surface area (Å²) in [6, 6.07) is 0. The fourth-order valence-electron chi connectivity index (χ4n) is 0. The van der Waals surface area contributed by atoms with Crippen molar-refractivity contribution >= 4 is 51.9 Å². The average molecular weight is 248 g/mol. The van der Waals surface area contributed by atoms with Crippen molar-refractivity contribution in [3.63, 3.8) is 0 Å². The smallest absolute Gasteiger partial charge is 0.344 e. The van der Waals surface area contributed by atoms with Crippen LogP contribution in [0.25, 0.3) is 0 Å². The first-order valence-electron chi connectivity index (χ1n) is 1.35. The second kappa shape index (κ2) is 8.33. The molecular weight excluding hydrogens is 243 g/mol. The molecular formula is H5AlCl3NO4S. The standard InChI is InChI=1S/Al.3ClH.H3N.H2O4S/c;;;;;1-5(2,3)4/h;3*1H;1H3;(H2,1,2,3,4)/q+3;;;;;/p-3. The second-order valence-electron chi connectivity index (χ2n) is 0.695. The van der Waals surface area contributed by atoms with Gasteiger partial charge in [0.2, 0.25) is 0 Å². The highest BCUT2D eigenvalue weighted by Gasteiger charge is 2.00. The zero-order valence-corrected chi connectivity index (χ0v) is 8.78. The van der Waals surface area contributed by atoms with Crippen molar-refractivity contribution in [1.82, 2.24) is 6.15 Å². The molecule has 0 saturated carbocycles. The van der Waals surface area contributed by atoms with E-state index in [0.717, 1.165) is 0 Å². The summed E-state index contributed by atoms with van der Waals surface area (Å²) in [6.45, 7) is 0. The Kier molecular flexibility index (Phi) is 14.5. The van der Waals surface area contributed by atoms with Crippen LogP contribution in [0.1, 0.15) is 0 Å². The molecule has 0 spiro atoms. The van der Waals surface area contributed by atoms with E-state index in [9.17, 15) is 0 Å². The van der Waals surface area contributed by atoms with Gasteiger partial charge in [0.05, 0.1) is 0 Å². The van der Waals surface area contributed by atoms with Crippen molar-refractivity contribution in [3.8, 4) is 0 Å². The van der Waals surface area contributed by atoms with E-state index in [0.29, 0.717) is 0 Å². The van der Waals surface area contributed by atoms with Crippen LogP contribution < -0.4 is 6.15 Å².